The van der Waals surface area contributed by atoms with E-state index in [1.54, 1.807) is 45.9 Å². The van der Waals surface area contributed by atoms with Gasteiger partial charge in [0, 0.05) is 93.4 Å². The first-order chi connectivity index (χ1) is 44.7. The molecule has 0 aromatic heterocycles. The van der Waals surface area contributed by atoms with E-state index in [2.05, 4.69) is 26.6 Å². The van der Waals surface area contributed by atoms with Crippen LogP contribution < -0.4 is 45.7 Å². The molecule has 0 radical (unpaired) electrons. The van der Waals surface area contributed by atoms with Crippen molar-refractivity contribution in [2.24, 2.45) is 17.8 Å². The van der Waals surface area contributed by atoms with Crippen molar-refractivity contribution < 1.29 is 106 Å². The second-order valence-corrected chi connectivity index (χ2v) is 25.0. The SMILES string of the molecule is CO[C@@H]1OC(COCC(=O)NCCOCCOCCNC(=O)C(C)NC(=O)C(C)NC(=O)C2CCCN2C(=O)C(NC(=O)C(C)CSC2CC(=O)N(c3ccc4c(c3)C(=O)OC43c4ccc(OC(C)=O)cc4Oc4cc(OC(C)=O)ccc43)C2=O)C(C)C)[C@@H](C)C(O)C1O. The van der Waals surface area contributed by atoms with E-state index in [-0.39, 0.29) is 118 Å². The van der Waals surface area contributed by atoms with Crippen molar-refractivity contribution in [1.82, 2.24) is 31.5 Å². The van der Waals surface area contributed by atoms with Gasteiger partial charge in [0.15, 0.2) is 11.9 Å². The lowest BCUT2D eigenvalue weighted by atomic mass is 9.77. The molecule has 3 aromatic rings. The van der Waals surface area contributed by atoms with E-state index in [1.165, 1.54) is 76.1 Å². The number of thioether (sulfide) groups is 1. The van der Waals surface area contributed by atoms with Crippen molar-refractivity contribution in [3.63, 3.8) is 0 Å². The lowest BCUT2D eigenvalue weighted by Crippen LogP contribution is -2.58. The van der Waals surface area contributed by atoms with Gasteiger partial charge in [-0.15, -0.1) is 11.8 Å². The lowest BCUT2D eigenvalue weighted by Gasteiger charge is -2.40. The van der Waals surface area contributed by atoms with Crippen LogP contribution >= 0.6 is 11.8 Å². The van der Waals surface area contributed by atoms with Crippen molar-refractivity contribution in [3.8, 4) is 23.0 Å². The summed E-state index contributed by atoms with van der Waals surface area (Å²) < 4.78 is 50.2. The Balaban J connectivity index is 0.749. The van der Waals surface area contributed by atoms with Gasteiger partial charge in [0.2, 0.25) is 47.3 Å². The summed E-state index contributed by atoms with van der Waals surface area (Å²) in [5.41, 5.74) is -0.389. The number of esters is 3. The summed E-state index contributed by atoms with van der Waals surface area (Å²) in [6.45, 7) is 13.2. The zero-order valence-corrected chi connectivity index (χ0v) is 54.5. The first-order valence-corrected chi connectivity index (χ1v) is 32.0. The Bertz CT molecular complexity index is 3300. The maximum absolute atomic E-state index is 14.2. The molecule has 3 saturated heterocycles. The molecule has 5 aliphatic rings. The molecule has 30 heteroatoms. The van der Waals surface area contributed by atoms with Crippen LogP contribution in [0.3, 0.4) is 0 Å². The van der Waals surface area contributed by atoms with Crippen LogP contribution in [-0.2, 0) is 82.0 Å². The minimum atomic E-state index is -1.63. The Labute approximate surface area is 546 Å². The molecule has 0 aliphatic carbocycles. The molecule has 5 aliphatic heterocycles. The zero-order valence-electron chi connectivity index (χ0n) is 53.7. The quantitative estimate of drug-likeness (QED) is 0.0223. The van der Waals surface area contributed by atoms with Gasteiger partial charge in [-0.25, -0.2) is 9.69 Å². The summed E-state index contributed by atoms with van der Waals surface area (Å²) in [4.78, 5) is 148. The van der Waals surface area contributed by atoms with Gasteiger partial charge >= 0.3 is 17.9 Å². The second-order valence-electron chi connectivity index (χ2n) is 23.8. The van der Waals surface area contributed by atoms with Crippen molar-refractivity contribution in [2.75, 3.05) is 77.0 Å². The minimum absolute atomic E-state index is 0.00543. The number of aliphatic hydroxyl groups is 2. The average molecular weight is 1330 g/mol. The van der Waals surface area contributed by atoms with E-state index in [4.69, 9.17) is 42.6 Å². The molecular weight excluding hydrogens is 1250 g/mol. The Kier molecular flexibility index (Phi) is 24.3. The fourth-order valence-corrected chi connectivity index (χ4v) is 12.6. The molecule has 11 atom stereocenters. The van der Waals surface area contributed by atoms with E-state index in [0.29, 0.717) is 23.1 Å². The highest BCUT2D eigenvalue weighted by Crippen LogP contribution is 2.57. The van der Waals surface area contributed by atoms with Crippen LogP contribution in [0.1, 0.15) is 102 Å². The Morgan fingerprint density at radius 1 is 0.734 bits per heavy atom. The number of benzene rings is 3. The number of nitrogens with one attached hydrogen (secondary N) is 5. The van der Waals surface area contributed by atoms with E-state index in [9.17, 15) is 63.0 Å². The number of imide groups is 1. The molecule has 8 amide bonds. The fourth-order valence-electron chi connectivity index (χ4n) is 11.4. The number of likely N-dealkylation sites (tertiary alicyclic amines) is 1. The molecule has 1 spiro atoms. The molecule has 0 saturated carbocycles. The maximum Gasteiger partial charge on any atom is 0.340 e. The largest absolute Gasteiger partial charge is 0.456 e. The standard InChI is InChI=1S/C64H81N7O22S/c1-32(2)53(61(83)70-20-10-11-46(70)59(81)68-36(6)58(80)67-35(5)57(79)66-19-22-87-24-23-86-21-18-65-51(74)30-88-29-49-34(4)54(76)55(77)63(85-9)92-49)69-56(78)33(3)31-94-50-28-52(75)71(60(50)82)39-12-15-43-42(25-39)62(84)93-64(43)44-16-13-40(89-37(7)72)26-47(44)91-48-27-41(90-38(8)73)14-17-45(48)64/h12-17,25-27,32-36,46,49-50,53-55,63,76-77H,10-11,18-24,28-31H2,1-9H3,(H,65,74)(H,66,79)(H,67,80)(H,68,81)(H,69,78)/t33?,34-,35?,36?,46?,49?,50?,53?,54?,55?,63-/m1/s1. The third-order valence-corrected chi connectivity index (χ3v) is 17.9. The monoisotopic (exact) mass is 1330 g/mol. The van der Waals surface area contributed by atoms with Crippen molar-refractivity contribution >= 4 is 82.6 Å². The van der Waals surface area contributed by atoms with Gasteiger partial charge in [0.05, 0.1) is 61.7 Å². The highest BCUT2D eigenvalue weighted by atomic mass is 32.2. The summed E-state index contributed by atoms with van der Waals surface area (Å²) in [5.74, 6) is -7.16. The number of fused-ring (bicyclic) bond motifs is 6. The number of carbonyl (C=O) groups is 11. The first-order valence-electron chi connectivity index (χ1n) is 31.0. The Morgan fingerprint density at radius 3 is 1.97 bits per heavy atom. The number of carbonyl (C=O) groups excluding carboxylic acids is 11. The van der Waals surface area contributed by atoms with Crippen LogP contribution in [0.15, 0.2) is 54.6 Å². The van der Waals surface area contributed by atoms with Gasteiger partial charge in [0.1, 0.15) is 59.9 Å². The molecular formula is C64H81N7O22S. The van der Waals surface area contributed by atoms with Crippen LogP contribution in [0, 0.1) is 17.8 Å². The predicted octanol–water partition coefficient (Wildman–Crippen LogP) is 1.26. The molecule has 8 rings (SSSR count). The van der Waals surface area contributed by atoms with E-state index >= 15 is 0 Å². The van der Waals surface area contributed by atoms with Gasteiger partial charge in [-0.1, -0.05) is 33.8 Å². The number of ether oxygens (including phenoxy) is 9. The molecule has 0 bridgehead atoms. The van der Waals surface area contributed by atoms with Gasteiger partial charge in [-0.2, -0.15) is 0 Å². The van der Waals surface area contributed by atoms with Crippen molar-refractivity contribution in [2.45, 2.75) is 134 Å². The second kappa shape index (κ2) is 31.9. The summed E-state index contributed by atoms with van der Waals surface area (Å²) in [6.07, 6.45) is -3.33. The van der Waals surface area contributed by atoms with Crippen LogP contribution in [-0.4, -0.2) is 206 Å². The van der Waals surface area contributed by atoms with Gasteiger partial charge < -0.3 is 84.3 Å². The number of hydrogen-bond donors (Lipinski definition) is 7. The van der Waals surface area contributed by atoms with Crippen LogP contribution in [0.25, 0.3) is 0 Å². The molecule has 5 heterocycles. The third-order valence-electron chi connectivity index (χ3n) is 16.5. The number of anilines is 1. The smallest absolute Gasteiger partial charge is 0.340 e. The van der Waals surface area contributed by atoms with Crippen LogP contribution in [0.2, 0.25) is 0 Å². The minimum Gasteiger partial charge on any atom is -0.456 e. The van der Waals surface area contributed by atoms with E-state index in [0.717, 1.165) is 16.7 Å². The van der Waals surface area contributed by atoms with Gasteiger partial charge in [-0.3, -0.25) is 47.9 Å². The number of hydrogen-bond acceptors (Lipinski definition) is 23. The summed E-state index contributed by atoms with van der Waals surface area (Å²) in [6, 6.07) is 9.51. The number of amides is 8. The number of rotatable bonds is 29. The number of nitrogens with zero attached hydrogens (tertiary/aromatic N) is 2. The Morgan fingerprint density at radius 2 is 1.35 bits per heavy atom. The molecule has 7 N–H and O–H groups in total. The van der Waals surface area contributed by atoms with Gasteiger partial charge in [0.25, 0.3) is 0 Å². The Hall–Kier alpha value is -8.10. The topological polar surface area (TPSA) is 378 Å². The molecule has 510 valence electrons. The highest BCUT2D eigenvalue weighted by molar-refractivity contribution is 8.00. The molecule has 3 fully saturated rings. The summed E-state index contributed by atoms with van der Waals surface area (Å²) in [5, 5.41) is 32.7. The maximum atomic E-state index is 14.2. The van der Waals surface area contributed by atoms with Crippen LogP contribution in [0.4, 0.5) is 5.69 Å². The van der Waals surface area contributed by atoms with Crippen molar-refractivity contribution in [1.29, 1.82) is 0 Å². The predicted molar refractivity (Wildman–Crippen MR) is 332 cm³/mol. The summed E-state index contributed by atoms with van der Waals surface area (Å²) >= 11 is 1.09. The third kappa shape index (κ3) is 16.7. The molecule has 94 heavy (non-hydrogen) atoms. The molecule has 9 unspecified atom stereocenters. The zero-order chi connectivity index (χ0) is 68.3. The van der Waals surface area contributed by atoms with E-state index in [1.807, 2.05) is 0 Å². The highest BCUT2D eigenvalue weighted by Gasteiger charge is 2.55. The van der Waals surface area contributed by atoms with E-state index < -0.39 is 137 Å². The number of methoxy groups -OCH3 is 1. The summed E-state index contributed by atoms with van der Waals surface area (Å²) in [7, 11) is 1.35. The van der Waals surface area contributed by atoms with Gasteiger partial charge in [-0.05, 0) is 69.0 Å². The lowest BCUT2D eigenvalue weighted by molar-refractivity contribution is -0.282. The fraction of sp³-hybridized carbons (Fsp3) is 0.547. The molecule has 29 nitrogen and oxygen atoms in total. The van der Waals surface area contributed by atoms with Crippen LogP contribution in [0.5, 0.6) is 23.0 Å². The normalized spacial score (nSPS) is 22.2. The first kappa shape index (κ1) is 71.7. The average Bonchev–Trinajstić information content (AvgIpc) is 1.44. The molecule has 3 aromatic carbocycles. The van der Waals surface area contributed by atoms with Crippen molar-refractivity contribution in [3.05, 3.63) is 76.9 Å². The number of aliphatic hydroxyl groups excluding tert-OH is 2.